The number of carbonyl (C=O) groups excluding carboxylic acids is 1. The number of benzene rings is 2. The molecule has 1 N–H and O–H groups in total. The van der Waals surface area contributed by atoms with Gasteiger partial charge < -0.3 is 10.0 Å². The van der Waals surface area contributed by atoms with Crippen LogP contribution in [0.15, 0.2) is 60.9 Å². The molecule has 6 nitrogen and oxygen atoms in total. The number of aliphatic carboxylic acids is 1. The van der Waals surface area contributed by atoms with Crippen LogP contribution in [-0.2, 0) is 22.4 Å². The van der Waals surface area contributed by atoms with Crippen LogP contribution in [0.25, 0.3) is 22.5 Å². The number of hydrogen-bond acceptors (Lipinski definition) is 4. The lowest BCUT2D eigenvalue weighted by Gasteiger charge is -2.40. The van der Waals surface area contributed by atoms with Gasteiger partial charge in [0, 0.05) is 42.5 Å². The smallest absolute Gasteiger partial charge is 0.310 e. The minimum Gasteiger partial charge on any atom is -0.481 e. The van der Waals surface area contributed by atoms with E-state index in [1.165, 1.54) is 24.8 Å². The van der Waals surface area contributed by atoms with Crippen molar-refractivity contribution in [2.75, 3.05) is 13.1 Å². The van der Waals surface area contributed by atoms with E-state index in [4.69, 9.17) is 5.11 Å². The highest BCUT2D eigenvalue weighted by Gasteiger charge is 2.39. The van der Waals surface area contributed by atoms with Crippen LogP contribution in [0.1, 0.15) is 64.5 Å². The summed E-state index contributed by atoms with van der Waals surface area (Å²) < 4.78 is 0. The van der Waals surface area contributed by atoms with Gasteiger partial charge in [0.05, 0.1) is 5.92 Å². The van der Waals surface area contributed by atoms with E-state index in [0.29, 0.717) is 25.3 Å². The molecular formula is C34H43N3O3. The summed E-state index contributed by atoms with van der Waals surface area (Å²) >= 11 is 0. The highest BCUT2D eigenvalue weighted by atomic mass is 16.4. The first-order chi connectivity index (χ1) is 19.2. The lowest BCUT2D eigenvalue weighted by molar-refractivity contribution is -0.155. The number of unbranched alkanes of at least 4 members (excludes halogenated alkanes) is 1. The van der Waals surface area contributed by atoms with E-state index in [-0.39, 0.29) is 17.7 Å². The molecule has 2 aromatic carbocycles. The van der Waals surface area contributed by atoms with Gasteiger partial charge in [-0.3, -0.25) is 9.59 Å². The van der Waals surface area contributed by atoms with Crippen LogP contribution in [0, 0.1) is 23.7 Å². The van der Waals surface area contributed by atoms with Crippen molar-refractivity contribution in [1.29, 1.82) is 0 Å². The highest BCUT2D eigenvalue weighted by Crippen LogP contribution is 2.28. The molecule has 1 aliphatic heterocycles. The van der Waals surface area contributed by atoms with Gasteiger partial charge >= 0.3 is 5.97 Å². The third kappa shape index (κ3) is 7.56. The summed E-state index contributed by atoms with van der Waals surface area (Å²) in [6, 6.07) is 16.9. The van der Waals surface area contributed by atoms with E-state index in [2.05, 4.69) is 61.9 Å². The van der Waals surface area contributed by atoms with Gasteiger partial charge in [-0.2, -0.15) is 0 Å². The van der Waals surface area contributed by atoms with Crippen molar-refractivity contribution in [2.45, 2.75) is 66.2 Å². The Bertz CT molecular complexity index is 1250. The van der Waals surface area contributed by atoms with Crippen molar-refractivity contribution in [1.82, 2.24) is 14.9 Å². The number of aromatic nitrogens is 2. The first kappa shape index (κ1) is 29.4. The molecular weight excluding hydrogens is 498 g/mol. The summed E-state index contributed by atoms with van der Waals surface area (Å²) in [4.78, 5) is 35.3. The third-order valence-corrected chi connectivity index (χ3v) is 8.29. The number of likely N-dealkylation sites (tertiary alicyclic amines) is 1. The van der Waals surface area contributed by atoms with E-state index in [1.807, 2.05) is 36.7 Å². The Balaban J connectivity index is 1.35. The third-order valence-electron chi connectivity index (χ3n) is 8.29. The topological polar surface area (TPSA) is 83.4 Å². The summed E-state index contributed by atoms with van der Waals surface area (Å²) in [5.41, 5.74) is 5.50. The van der Waals surface area contributed by atoms with Crippen molar-refractivity contribution < 1.29 is 14.7 Å². The Labute approximate surface area is 238 Å². The molecule has 2 heterocycles. The molecule has 2 unspecified atom stereocenters. The molecule has 0 aliphatic carbocycles. The number of rotatable bonds is 13. The Morgan fingerprint density at radius 1 is 0.875 bits per heavy atom. The summed E-state index contributed by atoms with van der Waals surface area (Å²) in [5.74, 6) is 0.305. The van der Waals surface area contributed by atoms with Gasteiger partial charge in [0.1, 0.15) is 0 Å². The van der Waals surface area contributed by atoms with Gasteiger partial charge in [-0.15, -0.1) is 0 Å². The second-order valence-electron chi connectivity index (χ2n) is 11.8. The van der Waals surface area contributed by atoms with Gasteiger partial charge in [0.2, 0.25) is 5.91 Å². The maximum absolute atomic E-state index is 13.1. The average molecular weight is 542 g/mol. The molecule has 1 saturated heterocycles. The number of carboxylic acids is 1. The first-order valence-corrected chi connectivity index (χ1v) is 14.8. The van der Waals surface area contributed by atoms with Crippen LogP contribution in [0.4, 0.5) is 0 Å². The molecule has 1 aromatic heterocycles. The minimum absolute atomic E-state index is 0.0639. The molecule has 2 atom stereocenters. The van der Waals surface area contributed by atoms with Gasteiger partial charge in [0.25, 0.3) is 0 Å². The fraction of sp³-hybridized carbons (Fsp3) is 0.471. The molecule has 0 spiro atoms. The molecule has 40 heavy (non-hydrogen) atoms. The van der Waals surface area contributed by atoms with Crippen molar-refractivity contribution in [2.24, 2.45) is 23.7 Å². The van der Waals surface area contributed by atoms with Gasteiger partial charge in [-0.25, -0.2) is 9.97 Å². The van der Waals surface area contributed by atoms with Crippen LogP contribution in [-0.4, -0.2) is 44.9 Å². The number of hydrogen-bond donors (Lipinski definition) is 1. The van der Waals surface area contributed by atoms with Crippen LogP contribution in [0.3, 0.4) is 0 Å². The van der Waals surface area contributed by atoms with Crippen LogP contribution in [0.2, 0.25) is 0 Å². The van der Waals surface area contributed by atoms with Crippen molar-refractivity contribution in [3.8, 4) is 22.5 Å². The second kappa shape index (κ2) is 13.7. The highest BCUT2D eigenvalue weighted by molar-refractivity contribution is 5.83. The Morgan fingerprint density at radius 2 is 1.48 bits per heavy atom. The molecule has 0 bridgehead atoms. The SMILES string of the molecule is CCC(C)C(Cc1ccc(-c2ncc(-c3ccc(CCCCC(C)C)cc3)cn2)cc1)C(=O)N1CC(C(=O)O)C1. The summed E-state index contributed by atoms with van der Waals surface area (Å²) in [6.07, 6.45) is 10.2. The van der Waals surface area contributed by atoms with Gasteiger partial charge in [-0.1, -0.05) is 95.5 Å². The second-order valence-corrected chi connectivity index (χ2v) is 11.8. The fourth-order valence-corrected chi connectivity index (χ4v) is 5.28. The lowest BCUT2D eigenvalue weighted by Crippen LogP contribution is -2.55. The lowest BCUT2D eigenvalue weighted by atomic mass is 9.83. The van der Waals surface area contributed by atoms with E-state index < -0.39 is 11.9 Å². The zero-order chi connectivity index (χ0) is 28.6. The molecule has 0 saturated carbocycles. The average Bonchev–Trinajstić information content (AvgIpc) is 2.93. The predicted molar refractivity (Wildman–Crippen MR) is 160 cm³/mol. The quantitative estimate of drug-likeness (QED) is 0.237. The zero-order valence-electron chi connectivity index (χ0n) is 24.3. The standard InChI is InChI=1S/C34H43N3O3/c1-5-24(4)31(33(38)37-21-30(22-37)34(39)40)18-26-12-16-28(17-13-26)32-35-19-29(20-36-32)27-14-10-25(11-15-27)9-7-6-8-23(2)3/h10-17,19-20,23-24,30-31H,5-9,18,21-22H2,1-4H3,(H,39,40). The predicted octanol–water partition coefficient (Wildman–Crippen LogP) is 6.93. The maximum Gasteiger partial charge on any atom is 0.310 e. The molecule has 212 valence electrons. The molecule has 0 radical (unpaired) electrons. The Morgan fingerprint density at radius 3 is 2.05 bits per heavy atom. The van der Waals surface area contributed by atoms with E-state index in [0.717, 1.165) is 41.0 Å². The van der Waals surface area contributed by atoms with Crippen molar-refractivity contribution >= 4 is 11.9 Å². The van der Waals surface area contributed by atoms with Crippen molar-refractivity contribution in [3.63, 3.8) is 0 Å². The number of carbonyl (C=O) groups is 2. The monoisotopic (exact) mass is 541 g/mol. The van der Waals surface area contributed by atoms with Gasteiger partial charge in [0.15, 0.2) is 5.82 Å². The molecule has 1 amide bonds. The van der Waals surface area contributed by atoms with Crippen LogP contribution < -0.4 is 0 Å². The minimum atomic E-state index is -0.823. The van der Waals surface area contributed by atoms with Crippen LogP contribution in [0.5, 0.6) is 0 Å². The summed E-state index contributed by atoms with van der Waals surface area (Å²) in [6.45, 7) is 9.38. The number of amides is 1. The Kier molecular flexibility index (Phi) is 10.1. The molecule has 4 rings (SSSR count). The first-order valence-electron chi connectivity index (χ1n) is 14.8. The largest absolute Gasteiger partial charge is 0.481 e. The summed E-state index contributed by atoms with van der Waals surface area (Å²) in [5, 5.41) is 9.16. The number of carboxylic acid groups (broad SMARTS) is 1. The van der Waals surface area contributed by atoms with E-state index in [1.54, 1.807) is 4.90 Å². The maximum atomic E-state index is 13.1. The van der Waals surface area contributed by atoms with E-state index >= 15 is 0 Å². The molecule has 1 aliphatic rings. The molecule has 3 aromatic rings. The molecule has 6 heteroatoms. The summed E-state index contributed by atoms with van der Waals surface area (Å²) in [7, 11) is 0. The van der Waals surface area contributed by atoms with Crippen molar-refractivity contribution in [3.05, 3.63) is 72.1 Å². The zero-order valence-corrected chi connectivity index (χ0v) is 24.3. The van der Waals surface area contributed by atoms with Crippen LogP contribution >= 0.6 is 0 Å². The Hall–Kier alpha value is -3.54. The number of aryl methyl sites for hydroxylation is 1. The normalized spacial score (nSPS) is 15.1. The van der Waals surface area contributed by atoms with Gasteiger partial charge in [-0.05, 0) is 47.8 Å². The number of nitrogens with zero attached hydrogens (tertiary/aromatic N) is 3. The van der Waals surface area contributed by atoms with E-state index in [9.17, 15) is 9.59 Å². The molecule has 1 fully saturated rings. The fourth-order valence-electron chi connectivity index (χ4n) is 5.28.